The monoisotopic (exact) mass is 288 g/mol. The second kappa shape index (κ2) is 6.10. The summed E-state index contributed by atoms with van der Waals surface area (Å²) < 4.78 is 26.7. The lowest BCUT2D eigenvalue weighted by Gasteiger charge is -2.38. The van der Waals surface area contributed by atoms with Crippen molar-refractivity contribution in [3.63, 3.8) is 0 Å². The smallest absolute Gasteiger partial charge is 0.214 e. The highest BCUT2D eigenvalue weighted by atomic mass is 32.2. The van der Waals surface area contributed by atoms with Gasteiger partial charge in [0.1, 0.15) is 0 Å². The fraction of sp³-hybridized carbons (Fsp3) is 1.00. The van der Waals surface area contributed by atoms with Gasteiger partial charge in [0.05, 0.1) is 5.75 Å². The number of hydrogen-bond acceptors (Lipinski definition) is 3. The highest BCUT2D eigenvalue weighted by Crippen LogP contribution is 2.35. The first-order chi connectivity index (χ1) is 8.95. The van der Waals surface area contributed by atoms with E-state index in [1.807, 2.05) is 0 Å². The third-order valence-corrected chi connectivity index (χ3v) is 7.13. The van der Waals surface area contributed by atoms with Crippen molar-refractivity contribution in [3.05, 3.63) is 0 Å². The Kier molecular flexibility index (Phi) is 4.90. The molecule has 5 heteroatoms. The molecule has 2 fully saturated rings. The van der Waals surface area contributed by atoms with Gasteiger partial charge in [0.15, 0.2) is 0 Å². The molecule has 1 N–H and O–H groups in total. The van der Waals surface area contributed by atoms with Crippen molar-refractivity contribution in [1.82, 2.24) is 9.62 Å². The van der Waals surface area contributed by atoms with Crippen LogP contribution >= 0.6 is 0 Å². The molecule has 0 aromatic carbocycles. The number of hydrogen-bond donors (Lipinski definition) is 1. The lowest BCUT2D eigenvalue weighted by Crippen LogP contribution is -2.44. The van der Waals surface area contributed by atoms with E-state index in [1.165, 1.54) is 0 Å². The van der Waals surface area contributed by atoms with Crippen LogP contribution in [0.15, 0.2) is 0 Å². The van der Waals surface area contributed by atoms with E-state index < -0.39 is 10.0 Å². The van der Waals surface area contributed by atoms with Crippen molar-refractivity contribution >= 4 is 10.0 Å². The normalized spacial score (nSPS) is 26.4. The summed E-state index contributed by atoms with van der Waals surface area (Å²) >= 11 is 0. The van der Waals surface area contributed by atoms with Gasteiger partial charge in [-0.1, -0.05) is 20.3 Å². The third-order valence-electron chi connectivity index (χ3n) is 5.08. The van der Waals surface area contributed by atoms with Crippen LogP contribution < -0.4 is 5.32 Å². The van der Waals surface area contributed by atoms with E-state index in [9.17, 15) is 8.42 Å². The molecule has 0 radical (unpaired) electrons. The van der Waals surface area contributed by atoms with Gasteiger partial charge in [0, 0.05) is 13.1 Å². The summed E-state index contributed by atoms with van der Waals surface area (Å²) in [6.07, 6.45) is 5.17. The second-order valence-electron chi connectivity index (χ2n) is 6.54. The summed E-state index contributed by atoms with van der Waals surface area (Å²) in [6, 6.07) is 0. The SMILES string of the molecule is CCC1(C)CCN(S(=O)(=O)CC2CCNCC2)CC1. The van der Waals surface area contributed by atoms with Gasteiger partial charge in [-0.15, -0.1) is 0 Å². The molecule has 0 atom stereocenters. The van der Waals surface area contributed by atoms with Gasteiger partial charge in [-0.05, 0) is 50.1 Å². The Hall–Kier alpha value is -0.130. The van der Waals surface area contributed by atoms with Crippen LogP contribution in [0.4, 0.5) is 0 Å². The molecule has 0 spiro atoms. The predicted octanol–water partition coefficient (Wildman–Crippen LogP) is 1.83. The molecule has 2 aliphatic rings. The van der Waals surface area contributed by atoms with E-state index >= 15 is 0 Å². The molecule has 2 aliphatic heterocycles. The molecular weight excluding hydrogens is 260 g/mol. The maximum absolute atomic E-state index is 12.5. The first-order valence-corrected chi connectivity index (χ1v) is 9.25. The maximum Gasteiger partial charge on any atom is 0.214 e. The molecule has 2 saturated heterocycles. The molecule has 112 valence electrons. The third kappa shape index (κ3) is 3.92. The fourth-order valence-corrected chi connectivity index (χ4v) is 4.99. The van der Waals surface area contributed by atoms with Gasteiger partial charge < -0.3 is 5.32 Å². The van der Waals surface area contributed by atoms with Crippen LogP contribution in [0, 0.1) is 11.3 Å². The van der Waals surface area contributed by atoms with E-state index in [0.717, 1.165) is 58.3 Å². The quantitative estimate of drug-likeness (QED) is 0.858. The van der Waals surface area contributed by atoms with Crippen molar-refractivity contribution in [3.8, 4) is 0 Å². The van der Waals surface area contributed by atoms with E-state index in [0.29, 0.717) is 17.1 Å². The van der Waals surface area contributed by atoms with E-state index in [4.69, 9.17) is 0 Å². The second-order valence-corrected chi connectivity index (χ2v) is 8.55. The standard InChI is InChI=1S/C14H28N2O2S/c1-3-14(2)6-10-16(11-7-14)19(17,18)12-13-4-8-15-9-5-13/h13,15H,3-12H2,1-2H3. The largest absolute Gasteiger partial charge is 0.317 e. The molecule has 4 nitrogen and oxygen atoms in total. The van der Waals surface area contributed by atoms with Gasteiger partial charge in [-0.3, -0.25) is 0 Å². The molecular formula is C14H28N2O2S. The topological polar surface area (TPSA) is 49.4 Å². The van der Waals surface area contributed by atoms with Crippen LogP contribution in [0.2, 0.25) is 0 Å². The molecule has 0 unspecified atom stereocenters. The number of nitrogens with one attached hydrogen (secondary N) is 1. The summed E-state index contributed by atoms with van der Waals surface area (Å²) in [5.41, 5.74) is 0.348. The molecule has 0 amide bonds. The van der Waals surface area contributed by atoms with Gasteiger partial charge in [-0.25, -0.2) is 12.7 Å². The molecule has 2 rings (SSSR count). The Balaban J connectivity index is 1.90. The zero-order chi connectivity index (χ0) is 13.9. The number of rotatable bonds is 4. The molecule has 0 saturated carbocycles. The highest BCUT2D eigenvalue weighted by Gasteiger charge is 2.34. The molecule has 2 heterocycles. The summed E-state index contributed by atoms with van der Waals surface area (Å²) in [7, 11) is -3.04. The van der Waals surface area contributed by atoms with Crippen LogP contribution in [-0.2, 0) is 10.0 Å². The average Bonchev–Trinajstić information content (AvgIpc) is 2.40. The minimum Gasteiger partial charge on any atom is -0.317 e. The van der Waals surface area contributed by atoms with Gasteiger partial charge >= 0.3 is 0 Å². The Bertz CT molecular complexity index is 380. The lowest BCUT2D eigenvalue weighted by molar-refractivity contribution is 0.168. The first-order valence-electron chi connectivity index (χ1n) is 7.64. The zero-order valence-electron chi connectivity index (χ0n) is 12.3. The van der Waals surface area contributed by atoms with Crippen molar-refractivity contribution < 1.29 is 8.42 Å². The number of nitrogens with zero attached hydrogens (tertiary/aromatic N) is 1. The first kappa shape index (κ1) is 15.3. The van der Waals surface area contributed by atoms with Gasteiger partial charge in [0.25, 0.3) is 0 Å². The Morgan fingerprint density at radius 3 is 2.32 bits per heavy atom. The fourth-order valence-electron chi connectivity index (χ4n) is 3.11. The van der Waals surface area contributed by atoms with Gasteiger partial charge in [-0.2, -0.15) is 0 Å². The molecule has 19 heavy (non-hydrogen) atoms. The van der Waals surface area contributed by atoms with Crippen LogP contribution in [0.5, 0.6) is 0 Å². The highest BCUT2D eigenvalue weighted by molar-refractivity contribution is 7.89. The van der Waals surface area contributed by atoms with Crippen molar-refractivity contribution in [2.24, 2.45) is 11.3 Å². The van der Waals surface area contributed by atoms with Gasteiger partial charge in [0.2, 0.25) is 10.0 Å². The van der Waals surface area contributed by atoms with Crippen molar-refractivity contribution in [2.45, 2.75) is 46.0 Å². The minimum absolute atomic E-state index is 0.348. The minimum atomic E-state index is -3.04. The Morgan fingerprint density at radius 1 is 1.21 bits per heavy atom. The van der Waals surface area contributed by atoms with Crippen LogP contribution in [-0.4, -0.2) is 44.7 Å². The van der Waals surface area contributed by atoms with Crippen LogP contribution in [0.25, 0.3) is 0 Å². The summed E-state index contributed by atoms with van der Waals surface area (Å²) in [4.78, 5) is 0. The van der Waals surface area contributed by atoms with E-state index in [2.05, 4.69) is 19.2 Å². The molecule has 0 aromatic heterocycles. The summed E-state index contributed by atoms with van der Waals surface area (Å²) in [5.74, 6) is 0.711. The predicted molar refractivity (Wildman–Crippen MR) is 78.6 cm³/mol. The zero-order valence-corrected chi connectivity index (χ0v) is 13.1. The lowest BCUT2D eigenvalue weighted by atomic mass is 9.79. The maximum atomic E-state index is 12.5. The van der Waals surface area contributed by atoms with E-state index in [1.54, 1.807) is 4.31 Å². The number of piperidine rings is 2. The number of sulfonamides is 1. The Labute approximate surface area is 118 Å². The van der Waals surface area contributed by atoms with Crippen LogP contribution in [0.3, 0.4) is 0 Å². The average molecular weight is 288 g/mol. The summed E-state index contributed by atoms with van der Waals surface area (Å²) in [5, 5.41) is 3.29. The molecule has 0 aromatic rings. The van der Waals surface area contributed by atoms with Crippen molar-refractivity contribution in [2.75, 3.05) is 31.9 Å². The summed E-state index contributed by atoms with van der Waals surface area (Å²) in [6.45, 7) is 7.86. The van der Waals surface area contributed by atoms with E-state index in [-0.39, 0.29) is 0 Å². The van der Waals surface area contributed by atoms with Crippen molar-refractivity contribution in [1.29, 1.82) is 0 Å². The Morgan fingerprint density at radius 2 is 1.79 bits per heavy atom. The van der Waals surface area contributed by atoms with Crippen LogP contribution in [0.1, 0.15) is 46.0 Å². The molecule has 0 aliphatic carbocycles. The molecule has 0 bridgehead atoms.